The Morgan fingerprint density at radius 1 is 1.48 bits per heavy atom. The number of nitrogens with zero attached hydrogens (tertiary/aromatic N) is 1. The van der Waals surface area contributed by atoms with E-state index in [-0.39, 0.29) is 18.5 Å². The van der Waals surface area contributed by atoms with Gasteiger partial charge in [-0.3, -0.25) is 9.69 Å². The average molecular weight is 341 g/mol. The highest BCUT2D eigenvalue weighted by atomic mass is 35.5. The van der Waals surface area contributed by atoms with Gasteiger partial charge in [-0.05, 0) is 25.0 Å². The van der Waals surface area contributed by atoms with E-state index < -0.39 is 12.7 Å². The Kier molecular flexibility index (Phi) is 5.51. The third-order valence-corrected chi connectivity index (χ3v) is 4.56. The molecule has 1 saturated heterocycles. The standard InChI is InChI=1S/C13H16ClF3N2OS/c14-11-3-1-10(21-11)2-4-12(20)18-9-5-6-19(7-9)8-13(15,16)17/h1,3,9H,2,4-8H2,(H,18,20)/t9-/m0/s1. The molecule has 1 aliphatic rings. The van der Waals surface area contributed by atoms with E-state index in [1.807, 2.05) is 6.07 Å². The number of hydrogen-bond donors (Lipinski definition) is 1. The van der Waals surface area contributed by atoms with Crippen LogP contribution in [0, 0.1) is 0 Å². The normalized spacial score (nSPS) is 19.9. The van der Waals surface area contributed by atoms with Crippen LogP contribution in [0.15, 0.2) is 12.1 Å². The molecule has 1 atom stereocenters. The molecule has 0 saturated carbocycles. The molecule has 1 aromatic rings. The molecule has 1 N–H and O–H groups in total. The summed E-state index contributed by atoms with van der Waals surface area (Å²) < 4.78 is 37.5. The highest BCUT2D eigenvalue weighted by molar-refractivity contribution is 7.16. The molecular weight excluding hydrogens is 325 g/mol. The van der Waals surface area contributed by atoms with Gasteiger partial charge in [-0.15, -0.1) is 11.3 Å². The first kappa shape index (κ1) is 16.6. The lowest BCUT2D eigenvalue weighted by Crippen LogP contribution is -2.39. The van der Waals surface area contributed by atoms with Crippen LogP contribution in [-0.2, 0) is 11.2 Å². The van der Waals surface area contributed by atoms with Gasteiger partial charge in [0.25, 0.3) is 0 Å². The Morgan fingerprint density at radius 2 is 2.24 bits per heavy atom. The van der Waals surface area contributed by atoms with Crippen LogP contribution in [0.4, 0.5) is 13.2 Å². The molecule has 3 nitrogen and oxygen atoms in total. The van der Waals surface area contributed by atoms with Gasteiger partial charge in [0.05, 0.1) is 10.9 Å². The molecule has 0 radical (unpaired) electrons. The molecule has 0 aromatic carbocycles. The first-order valence-electron chi connectivity index (χ1n) is 6.64. The van der Waals surface area contributed by atoms with Gasteiger partial charge in [0.15, 0.2) is 0 Å². The van der Waals surface area contributed by atoms with E-state index in [0.717, 1.165) is 4.88 Å². The number of halogens is 4. The summed E-state index contributed by atoms with van der Waals surface area (Å²) in [7, 11) is 0. The number of thiophene rings is 1. The number of carbonyl (C=O) groups is 1. The summed E-state index contributed by atoms with van der Waals surface area (Å²) in [6.07, 6.45) is -2.70. The quantitative estimate of drug-likeness (QED) is 0.893. The summed E-state index contributed by atoms with van der Waals surface area (Å²) in [6.45, 7) is -0.284. The van der Waals surface area contributed by atoms with E-state index >= 15 is 0 Å². The Balaban J connectivity index is 1.69. The van der Waals surface area contributed by atoms with Gasteiger partial charge in [0.1, 0.15) is 0 Å². The molecule has 1 aromatic heterocycles. The molecule has 2 heterocycles. The van der Waals surface area contributed by atoms with E-state index in [1.54, 1.807) is 6.07 Å². The molecule has 0 aliphatic carbocycles. The van der Waals surface area contributed by atoms with Crippen LogP contribution in [0.2, 0.25) is 4.34 Å². The van der Waals surface area contributed by atoms with E-state index in [0.29, 0.717) is 30.1 Å². The molecule has 1 fully saturated rings. The Hall–Kier alpha value is -0.790. The second-order valence-electron chi connectivity index (χ2n) is 5.11. The molecular formula is C13H16ClF3N2OS. The van der Waals surface area contributed by atoms with Crippen LogP contribution >= 0.6 is 22.9 Å². The topological polar surface area (TPSA) is 32.3 Å². The first-order chi connectivity index (χ1) is 9.82. The van der Waals surface area contributed by atoms with Gasteiger partial charge in [-0.1, -0.05) is 11.6 Å². The van der Waals surface area contributed by atoms with Crippen molar-refractivity contribution in [1.82, 2.24) is 10.2 Å². The van der Waals surface area contributed by atoms with Gasteiger partial charge < -0.3 is 5.32 Å². The maximum Gasteiger partial charge on any atom is 0.401 e. The number of hydrogen-bond acceptors (Lipinski definition) is 3. The van der Waals surface area contributed by atoms with Crippen molar-refractivity contribution in [2.24, 2.45) is 0 Å². The zero-order chi connectivity index (χ0) is 15.5. The molecule has 0 unspecified atom stereocenters. The number of aryl methyl sites for hydroxylation is 1. The van der Waals surface area contributed by atoms with Gasteiger partial charge in [-0.2, -0.15) is 13.2 Å². The van der Waals surface area contributed by atoms with Crippen LogP contribution in [0.3, 0.4) is 0 Å². The van der Waals surface area contributed by atoms with E-state index in [4.69, 9.17) is 11.6 Å². The highest BCUT2D eigenvalue weighted by Crippen LogP contribution is 2.23. The van der Waals surface area contributed by atoms with Crippen molar-refractivity contribution in [2.75, 3.05) is 19.6 Å². The number of amides is 1. The SMILES string of the molecule is O=C(CCc1ccc(Cl)s1)N[C@H]1CCN(CC(F)(F)F)C1. The number of nitrogens with one attached hydrogen (secondary N) is 1. The molecule has 118 valence electrons. The van der Waals surface area contributed by atoms with E-state index in [9.17, 15) is 18.0 Å². The van der Waals surface area contributed by atoms with Crippen molar-refractivity contribution in [3.05, 3.63) is 21.3 Å². The Bertz CT molecular complexity index is 492. The lowest BCUT2D eigenvalue weighted by atomic mass is 10.2. The fraction of sp³-hybridized carbons (Fsp3) is 0.615. The molecule has 1 aliphatic heterocycles. The Labute approximate surface area is 130 Å². The van der Waals surface area contributed by atoms with Gasteiger partial charge in [0, 0.05) is 30.4 Å². The molecule has 0 bridgehead atoms. The fourth-order valence-electron chi connectivity index (χ4n) is 2.37. The molecule has 2 rings (SSSR count). The summed E-state index contributed by atoms with van der Waals surface area (Å²) >= 11 is 7.23. The third-order valence-electron chi connectivity index (χ3n) is 3.27. The molecule has 1 amide bonds. The maximum absolute atomic E-state index is 12.3. The summed E-state index contributed by atoms with van der Waals surface area (Å²) in [5, 5.41) is 2.80. The minimum absolute atomic E-state index is 0.126. The van der Waals surface area contributed by atoms with E-state index in [2.05, 4.69) is 5.32 Å². The zero-order valence-electron chi connectivity index (χ0n) is 11.3. The number of alkyl halides is 3. The largest absolute Gasteiger partial charge is 0.401 e. The van der Waals surface area contributed by atoms with Crippen LogP contribution in [0.25, 0.3) is 0 Å². The second-order valence-corrected chi connectivity index (χ2v) is 6.91. The molecule has 21 heavy (non-hydrogen) atoms. The molecule has 0 spiro atoms. The van der Waals surface area contributed by atoms with Crippen LogP contribution < -0.4 is 5.32 Å². The van der Waals surface area contributed by atoms with Crippen LogP contribution in [-0.4, -0.2) is 42.7 Å². The van der Waals surface area contributed by atoms with Crippen molar-refractivity contribution in [2.45, 2.75) is 31.5 Å². The average Bonchev–Trinajstić information content (AvgIpc) is 2.94. The number of carbonyl (C=O) groups excluding carboxylic acids is 1. The lowest BCUT2D eigenvalue weighted by Gasteiger charge is -2.18. The molecule has 8 heteroatoms. The summed E-state index contributed by atoms with van der Waals surface area (Å²) in [6, 6.07) is 3.47. The predicted molar refractivity (Wildman–Crippen MR) is 76.7 cm³/mol. The van der Waals surface area contributed by atoms with Gasteiger partial charge >= 0.3 is 6.18 Å². The second kappa shape index (κ2) is 6.98. The zero-order valence-corrected chi connectivity index (χ0v) is 12.8. The minimum Gasteiger partial charge on any atom is -0.352 e. The van der Waals surface area contributed by atoms with E-state index in [1.165, 1.54) is 16.2 Å². The maximum atomic E-state index is 12.3. The van der Waals surface area contributed by atoms with Crippen molar-refractivity contribution < 1.29 is 18.0 Å². The van der Waals surface area contributed by atoms with Crippen LogP contribution in [0.5, 0.6) is 0 Å². The van der Waals surface area contributed by atoms with Crippen LogP contribution in [0.1, 0.15) is 17.7 Å². The first-order valence-corrected chi connectivity index (χ1v) is 7.84. The summed E-state index contributed by atoms with van der Waals surface area (Å²) in [5.41, 5.74) is 0. The number of rotatable bonds is 5. The predicted octanol–water partition coefficient (Wildman–Crippen LogP) is 3.09. The lowest BCUT2D eigenvalue weighted by molar-refractivity contribution is -0.143. The van der Waals surface area contributed by atoms with Crippen molar-refractivity contribution in [1.29, 1.82) is 0 Å². The van der Waals surface area contributed by atoms with Crippen molar-refractivity contribution in [3.8, 4) is 0 Å². The van der Waals surface area contributed by atoms with Gasteiger partial charge in [-0.25, -0.2) is 0 Å². The monoisotopic (exact) mass is 340 g/mol. The summed E-state index contributed by atoms with van der Waals surface area (Å²) in [4.78, 5) is 14.1. The van der Waals surface area contributed by atoms with Crippen molar-refractivity contribution in [3.63, 3.8) is 0 Å². The summed E-state index contributed by atoms with van der Waals surface area (Å²) in [5.74, 6) is -0.126. The minimum atomic E-state index is -4.18. The van der Waals surface area contributed by atoms with Gasteiger partial charge in [0.2, 0.25) is 5.91 Å². The Morgan fingerprint density at radius 3 is 2.86 bits per heavy atom. The third kappa shape index (κ3) is 5.84. The number of likely N-dealkylation sites (tertiary alicyclic amines) is 1. The highest BCUT2D eigenvalue weighted by Gasteiger charge is 2.34. The van der Waals surface area contributed by atoms with Crippen molar-refractivity contribution >= 4 is 28.8 Å². The smallest absolute Gasteiger partial charge is 0.352 e. The fourth-order valence-corrected chi connectivity index (χ4v) is 3.46.